The van der Waals surface area contributed by atoms with Crippen molar-refractivity contribution in [1.82, 2.24) is 4.98 Å². The van der Waals surface area contributed by atoms with Crippen LogP contribution in [0.5, 0.6) is 5.75 Å². The van der Waals surface area contributed by atoms with Crippen LogP contribution in [-0.2, 0) is 0 Å². The summed E-state index contributed by atoms with van der Waals surface area (Å²) in [7, 11) is 0. The Bertz CT molecular complexity index is 541. The molecule has 0 aliphatic carbocycles. The minimum Gasteiger partial charge on any atom is -0.508 e. The highest BCUT2D eigenvalue weighted by Crippen LogP contribution is 2.15. The van der Waals surface area contributed by atoms with Gasteiger partial charge in [-0.25, -0.2) is 0 Å². The van der Waals surface area contributed by atoms with E-state index in [1.807, 2.05) is 37.4 Å². The highest BCUT2D eigenvalue weighted by Gasteiger charge is 1.97. The van der Waals surface area contributed by atoms with Gasteiger partial charge in [0, 0.05) is 11.9 Å². The molecule has 0 spiro atoms. The van der Waals surface area contributed by atoms with Crippen molar-refractivity contribution in [3.05, 3.63) is 58.9 Å². The quantitative estimate of drug-likeness (QED) is 0.847. The van der Waals surface area contributed by atoms with Crippen LogP contribution in [0.4, 0.5) is 0 Å². The number of aromatic hydroxyl groups is 1. The predicted molar refractivity (Wildman–Crippen MR) is 70.7 cm³/mol. The number of aryl methyl sites for hydroxylation is 1. The highest BCUT2D eigenvalue weighted by molar-refractivity contribution is 5.71. The van der Waals surface area contributed by atoms with Crippen LogP contribution in [0.3, 0.4) is 0 Å². The van der Waals surface area contributed by atoms with Crippen molar-refractivity contribution in [2.45, 2.75) is 13.8 Å². The van der Waals surface area contributed by atoms with Crippen molar-refractivity contribution < 1.29 is 5.11 Å². The molecule has 2 aromatic rings. The van der Waals surface area contributed by atoms with Crippen LogP contribution in [-0.4, -0.2) is 10.1 Å². The van der Waals surface area contributed by atoms with Gasteiger partial charge in [0.1, 0.15) is 5.75 Å². The van der Waals surface area contributed by atoms with E-state index in [0.29, 0.717) is 0 Å². The van der Waals surface area contributed by atoms with Crippen LogP contribution in [0.1, 0.15) is 22.4 Å². The number of nitrogens with zero attached hydrogens (tertiary/aromatic N) is 1. The Hall–Kier alpha value is -2.09. The second-order valence-electron chi connectivity index (χ2n) is 4.04. The Morgan fingerprint density at radius 2 is 1.71 bits per heavy atom. The van der Waals surface area contributed by atoms with Gasteiger partial charge >= 0.3 is 0 Å². The van der Waals surface area contributed by atoms with Gasteiger partial charge in [-0.2, -0.15) is 0 Å². The number of pyridine rings is 1. The van der Waals surface area contributed by atoms with Crippen LogP contribution >= 0.6 is 0 Å². The maximum Gasteiger partial charge on any atom is 0.115 e. The third kappa shape index (κ3) is 2.72. The lowest BCUT2D eigenvalue weighted by atomic mass is 10.1. The third-order valence-corrected chi connectivity index (χ3v) is 2.85. The zero-order chi connectivity index (χ0) is 12.3. The maximum atomic E-state index is 9.19. The van der Waals surface area contributed by atoms with Crippen molar-refractivity contribution in [2.24, 2.45) is 0 Å². The van der Waals surface area contributed by atoms with Gasteiger partial charge in [0.25, 0.3) is 0 Å². The van der Waals surface area contributed by atoms with Gasteiger partial charge in [-0.3, -0.25) is 4.98 Å². The Kier molecular flexibility index (Phi) is 3.24. The molecule has 1 aromatic heterocycles. The molecule has 0 radical (unpaired) electrons. The molecule has 0 fully saturated rings. The SMILES string of the molecule is Cc1nccc(C=Cc2ccc(O)cc2)c1C. The van der Waals surface area contributed by atoms with E-state index in [1.54, 1.807) is 12.1 Å². The van der Waals surface area contributed by atoms with E-state index in [4.69, 9.17) is 0 Å². The standard InChI is InChI=1S/C15H15NO/c1-11-12(2)16-10-9-14(11)6-3-13-4-7-15(17)8-5-13/h3-10,17H,1-2H3. The number of benzene rings is 1. The van der Waals surface area contributed by atoms with Crippen LogP contribution in [0.15, 0.2) is 36.5 Å². The normalized spacial score (nSPS) is 10.9. The first-order chi connectivity index (χ1) is 8.16. The number of phenolic OH excluding ortho intramolecular Hbond substituents is 1. The van der Waals surface area contributed by atoms with Crippen molar-refractivity contribution in [2.75, 3.05) is 0 Å². The number of hydrogen-bond acceptors (Lipinski definition) is 2. The van der Waals surface area contributed by atoms with E-state index < -0.39 is 0 Å². The first-order valence-corrected chi connectivity index (χ1v) is 5.56. The summed E-state index contributed by atoms with van der Waals surface area (Å²) in [4.78, 5) is 4.24. The predicted octanol–water partition coefficient (Wildman–Crippen LogP) is 3.57. The number of hydrogen-bond donors (Lipinski definition) is 1. The molecule has 0 bridgehead atoms. The molecule has 0 saturated carbocycles. The monoisotopic (exact) mass is 225 g/mol. The molecule has 0 atom stereocenters. The molecular formula is C15H15NO. The molecular weight excluding hydrogens is 210 g/mol. The summed E-state index contributed by atoms with van der Waals surface area (Å²) in [5.74, 6) is 0.290. The van der Waals surface area contributed by atoms with E-state index in [9.17, 15) is 5.11 Å². The summed E-state index contributed by atoms with van der Waals surface area (Å²) in [5, 5.41) is 9.19. The van der Waals surface area contributed by atoms with E-state index in [0.717, 1.165) is 11.3 Å². The Labute approximate surface area is 101 Å². The zero-order valence-corrected chi connectivity index (χ0v) is 10.0. The number of rotatable bonds is 2. The molecule has 86 valence electrons. The first kappa shape index (κ1) is 11.4. The minimum atomic E-state index is 0.290. The molecule has 1 heterocycles. The first-order valence-electron chi connectivity index (χ1n) is 5.56. The van der Waals surface area contributed by atoms with E-state index in [-0.39, 0.29) is 5.75 Å². The molecule has 2 heteroatoms. The largest absolute Gasteiger partial charge is 0.508 e. The lowest BCUT2D eigenvalue weighted by Gasteiger charge is -2.02. The van der Waals surface area contributed by atoms with Crippen LogP contribution in [0, 0.1) is 13.8 Å². The van der Waals surface area contributed by atoms with Gasteiger partial charge in [-0.05, 0) is 48.7 Å². The summed E-state index contributed by atoms with van der Waals surface area (Å²) in [6.07, 6.45) is 5.91. The molecule has 0 aliphatic heterocycles. The Morgan fingerprint density at radius 3 is 2.41 bits per heavy atom. The minimum absolute atomic E-state index is 0.290. The van der Waals surface area contributed by atoms with Gasteiger partial charge < -0.3 is 5.11 Å². The molecule has 1 aromatic carbocycles. The molecule has 0 amide bonds. The second kappa shape index (κ2) is 4.83. The van der Waals surface area contributed by atoms with Crippen molar-refractivity contribution in [3.63, 3.8) is 0 Å². The summed E-state index contributed by atoms with van der Waals surface area (Å²) in [5.41, 5.74) is 4.49. The third-order valence-electron chi connectivity index (χ3n) is 2.85. The lowest BCUT2D eigenvalue weighted by Crippen LogP contribution is -1.88. The van der Waals surface area contributed by atoms with E-state index >= 15 is 0 Å². The summed E-state index contributed by atoms with van der Waals surface area (Å²) in [6.45, 7) is 4.08. The molecule has 1 N–H and O–H groups in total. The maximum absolute atomic E-state index is 9.19. The molecule has 2 rings (SSSR count). The smallest absolute Gasteiger partial charge is 0.115 e. The van der Waals surface area contributed by atoms with Crippen LogP contribution in [0.25, 0.3) is 12.2 Å². The van der Waals surface area contributed by atoms with Gasteiger partial charge in [0.15, 0.2) is 0 Å². The van der Waals surface area contributed by atoms with E-state index in [1.165, 1.54) is 11.1 Å². The zero-order valence-electron chi connectivity index (χ0n) is 10.0. The second-order valence-corrected chi connectivity index (χ2v) is 4.04. The lowest BCUT2D eigenvalue weighted by molar-refractivity contribution is 0.475. The van der Waals surface area contributed by atoms with Gasteiger partial charge in [0.2, 0.25) is 0 Å². The summed E-state index contributed by atoms with van der Waals surface area (Å²) < 4.78 is 0. The fourth-order valence-electron chi connectivity index (χ4n) is 1.61. The van der Waals surface area contributed by atoms with Crippen molar-refractivity contribution in [1.29, 1.82) is 0 Å². The molecule has 17 heavy (non-hydrogen) atoms. The average molecular weight is 225 g/mol. The van der Waals surface area contributed by atoms with Crippen LogP contribution in [0.2, 0.25) is 0 Å². The van der Waals surface area contributed by atoms with Crippen LogP contribution < -0.4 is 0 Å². The topological polar surface area (TPSA) is 33.1 Å². The van der Waals surface area contributed by atoms with Gasteiger partial charge in [-0.15, -0.1) is 0 Å². The fourth-order valence-corrected chi connectivity index (χ4v) is 1.61. The Balaban J connectivity index is 2.26. The molecule has 0 aliphatic rings. The number of aromatic nitrogens is 1. The van der Waals surface area contributed by atoms with E-state index in [2.05, 4.69) is 18.0 Å². The summed E-state index contributed by atoms with van der Waals surface area (Å²) >= 11 is 0. The van der Waals surface area contributed by atoms with Crippen molar-refractivity contribution in [3.8, 4) is 5.75 Å². The fraction of sp³-hybridized carbons (Fsp3) is 0.133. The molecule has 2 nitrogen and oxygen atoms in total. The highest BCUT2D eigenvalue weighted by atomic mass is 16.3. The molecule has 0 unspecified atom stereocenters. The average Bonchev–Trinajstić information content (AvgIpc) is 2.33. The molecule has 0 saturated heterocycles. The Morgan fingerprint density at radius 1 is 1.00 bits per heavy atom. The van der Waals surface area contributed by atoms with Crippen molar-refractivity contribution >= 4 is 12.2 Å². The van der Waals surface area contributed by atoms with Gasteiger partial charge in [0.05, 0.1) is 0 Å². The van der Waals surface area contributed by atoms with Gasteiger partial charge in [-0.1, -0.05) is 24.3 Å². The summed E-state index contributed by atoms with van der Waals surface area (Å²) in [6, 6.07) is 9.14. The number of phenols is 1.